The quantitative estimate of drug-likeness (QED) is 0.260. The zero-order valence-corrected chi connectivity index (χ0v) is 20.1. The third kappa shape index (κ3) is 5.77. The van der Waals surface area contributed by atoms with Crippen molar-refractivity contribution in [3.8, 4) is 5.75 Å². The molecule has 1 N–H and O–H groups in total. The number of aliphatic imine (C=N–C) groups is 1. The van der Waals surface area contributed by atoms with E-state index in [-0.39, 0.29) is 41.3 Å². The van der Waals surface area contributed by atoms with E-state index in [2.05, 4.69) is 29.3 Å². The number of benzene rings is 1. The van der Waals surface area contributed by atoms with Gasteiger partial charge in [-0.3, -0.25) is 9.79 Å². The van der Waals surface area contributed by atoms with E-state index in [1.807, 2.05) is 19.1 Å². The van der Waals surface area contributed by atoms with Crippen molar-refractivity contribution < 1.29 is 14.3 Å². The Morgan fingerprint density at radius 3 is 2.52 bits per heavy atom. The fourth-order valence-corrected chi connectivity index (χ4v) is 3.99. The van der Waals surface area contributed by atoms with Crippen LogP contribution in [-0.4, -0.2) is 56.7 Å². The normalized spacial score (nSPS) is 18.6. The molecule has 0 unspecified atom stereocenters. The Kier molecular flexibility index (Phi) is 9.04. The molecule has 0 bridgehead atoms. The third-order valence-electron chi connectivity index (χ3n) is 5.81. The van der Waals surface area contributed by atoms with Gasteiger partial charge in [0.2, 0.25) is 0 Å². The molecule has 1 aliphatic heterocycles. The lowest BCUT2D eigenvalue weighted by atomic mass is 9.95. The third-order valence-corrected chi connectivity index (χ3v) is 5.81. The summed E-state index contributed by atoms with van der Waals surface area (Å²) < 4.78 is 10.8. The zero-order chi connectivity index (χ0) is 20.0. The Balaban J connectivity index is 0.00000300. The summed E-state index contributed by atoms with van der Waals surface area (Å²) in [6.07, 6.45) is 3.92. The molecule has 1 heterocycles. The number of carbonyl (C=O) groups is 1. The van der Waals surface area contributed by atoms with Crippen LogP contribution in [0.15, 0.2) is 29.3 Å². The van der Waals surface area contributed by atoms with Gasteiger partial charge in [-0.1, -0.05) is 18.2 Å². The summed E-state index contributed by atoms with van der Waals surface area (Å²) in [5.41, 5.74) is 1.36. The highest BCUT2D eigenvalue weighted by Gasteiger charge is 2.46. The topological polar surface area (TPSA) is 63.2 Å². The molecule has 6 nitrogen and oxygen atoms in total. The minimum Gasteiger partial charge on any atom is -0.496 e. The van der Waals surface area contributed by atoms with E-state index in [0.717, 1.165) is 63.6 Å². The summed E-state index contributed by atoms with van der Waals surface area (Å²) in [6, 6.07) is 8.29. The number of piperidine rings is 1. The Hall–Kier alpha value is -1.51. The number of para-hydroxylation sites is 1. The molecule has 1 aromatic carbocycles. The minimum absolute atomic E-state index is 0. The Morgan fingerprint density at radius 1 is 1.24 bits per heavy atom. The number of rotatable bonds is 7. The molecule has 162 valence electrons. The Labute approximate surface area is 191 Å². The van der Waals surface area contributed by atoms with Crippen LogP contribution < -0.4 is 10.1 Å². The maximum atomic E-state index is 12.0. The Bertz CT molecular complexity index is 698. The fourth-order valence-electron chi connectivity index (χ4n) is 3.99. The highest BCUT2D eigenvalue weighted by atomic mass is 127. The number of hydrogen-bond donors (Lipinski definition) is 1. The monoisotopic (exact) mass is 515 g/mol. The molecule has 0 atom stereocenters. The van der Waals surface area contributed by atoms with Gasteiger partial charge in [-0.2, -0.15) is 0 Å². The molecule has 1 saturated heterocycles. The second-order valence-electron chi connectivity index (χ2n) is 7.66. The van der Waals surface area contributed by atoms with Gasteiger partial charge in [0.15, 0.2) is 5.96 Å². The highest BCUT2D eigenvalue weighted by Crippen LogP contribution is 2.51. The maximum Gasteiger partial charge on any atom is 0.309 e. The van der Waals surface area contributed by atoms with Crippen molar-refractivity contribution >= 4 is 35.9 Å². The second kappa shape index (κ2) is 11.0. The maximum absolute atomic E-state index is 12.0. The van der Waals surface area contributed by atoms with E-state index in [9.17, 15) is 4.79 Å². The number of carbonyl (C=O) groups excluding carboxylic acids is 1. The van der Waals surface area contributed by atoms with E-state index < -0.39 is 0 Å². The van der Waals surface area contributed by atoms with Crippen LogP contribution in [0.2, 0.25) is 0 Å². The number of likely N-dealkylation sites (tertiary alicyclic amines) is 1. The lowest BCUT2D eigenvalue weighted by Gasteiger charge is -2.33. The van der Waals surface area contributed by atoms with E-state index >= 15 is 0 Å². The minimum atomic E-state index is -0.0582. The lowest BCUT2D eigenvalue weighted by Crippen LogP contribution is -2.47. The second-order valence-corrected chi connectivity index (χ2v) is 7.66. The van der Waals surface area contributed by atoms with Crippen LogP contribution in [0.3, 0.4) is 0 Å². The average Bonchev–Trinajstić information content (AvgIpc) is 3.52. The molecule has 0 aromatic heterocycles. The molecule has 1 aromatic rings. The van der Waals surface area contributed by atoms with E-state index in [1.54, 1.807) is 7.11 Å². The van der Waals surface area contributed by atoms with Crippen molar-refractivity contribution in [2.75, 3.05) is 39.9 Å². The van der Waals surface area contributed by atoms with Gasteiger partial charge in [0.05, 0.1) is 26.2 Å². The van der Waals surface area contributed by atoms with Gasteiger partial charge in [-0.15, -0.1) is 24.0 Å². The van der Waals surface area contributed by atoms with Crippen LogP contribution in [-0.2, 0) is 14.9 Å². The van der Waals surface area contributed by atoms with Crippen LogP contribution >= 0.6 is 24.0 Å². The van der Waals surface area contributed by atoms with Crippen LogP contribution in [0.5, 0.6) is 5.75 Å². The van der Waals surface area contributed by atoms with Crippen molar-refractivity contribution in [2.45, 2.75) is 44.9 Å². The van der Waals surface area contributed by atoms with Crippen LogP contribution in [0.4, 0.5) is 0 Å². The standard InChI is InChI=1S/C22H33N3O3.HI/c1-4-23-21(25-14-10-17(11-15-25)20(26)28-5-2)24-16-22(12-13-22)18-8-6-7-9-19(18)27-3;/h6-9,17H,4-5,10-16H2,1-3H3,(H,23,24);1H. The highest BCUT2D eigenvalue weighted by molar-refractivity contribution is 14.0. The van der Waals surface area contributed by atoms with Crippen LogP contribution in [0, 0.1) is 5.92 Å². The number of hydrogen-bond acceptors (Lipinski definition) is 4. The molecule has 3 rings (SSSR count). The Morgan fingerprint density at radius 2 is 1.93 bits per heavy atom. The van der Waals surface area contributed by atoms with E-state index in [4.69, 9.17) is 14.5 Å². The molecule has 29 heavy (non-hydrogen) atoms. The molecule has 0 radical (unpaired) electrons. The predicted molar refractivity (Wildman–Crippen MR) is 126 cm³/mol. The summed E-state index contributed by atoms with van der Waals surface area (Å²) in [5, 5.41) is 3.43. The molecule has 0 spiro atoms. The van der Waals surface area contributed by atoms with E-state index in [1.165, 1.54) is 5.56 Å². The molecule has 2 fully saturated rings. The van der Waals surface area contributed by atoms with Gasteiger partial charge in [0.1, 0.15) is 5.75 Å². The van der Waals surface area contributed by atoms with Gasteiger partial charge < -0.3 is 19.7 Å². The summed E-state index contributed by atoms with van der Waals surface area (Å²) in [7, 11) is 1.73. The fraction of sp³-hybridized carbons (Fsp3) is 0.636. The first-order chi connectivity index (χ1) is 13.6. The number of guanidine groups is 1. The largest absolute Gasteiger partial charge is 0.496 e. The molecular weight excluding hydrogens is 481 g/mol. The van der Waals surface area contributed by atoms with Crippen molar-refractivity contribution in [3.63, 3.8) is 0 Å². The summed E-state index contributed by atoms with van der Waals surface area (Å²) >= 11 is 0. The molecule has 0 amide bonds. The number of nitrogens with zero attached hydrogens (tertiary/aromatic N) is 2. The van der Waals surface area contributed by atoms with E-state index in [0.29, 0.717) is 6.61 Å². The zero-order valence-electron chi connectivity index (χ0n) is 17.8. The smallest absolute Gasteiger partial charge is 0.309 e. The number of halogens is 1. The predicted octanol–water partition coefficient (Wildman–Crippen LogP) is 3.59. The van der Waals surface area contributed by atoms with Crippen molar-refractivity contribution in [1.29, 1.82) is 0 Å². The molecule has 1 aliphatic carbocycles. The van der Waals surface area contributed by atoms with Crippen LogP contribution in [0.1, 0.15) is 45.1 Å². The first-order valence-electron chi connectivity index (χ1n) is 10.5. The van der Waals surface area contributed by atoms with Gasteiger partial charge in [0.25, 0.3) is 0 Å². The molecular formula is C22H34IN3O3. The van der Waals surface area contributed by atoms with Crippen LogP contribution in [0.25, 0.3) is 0 Å². The molecule has 7 heteroatoms. The van der Waals surface area contributed by atoms with Gasteiger partial charge in [0, 0.05) is 30.6 Å². The SMILES string of the molecule is CCNC(=NCC1(c2ccccc2OC)CC1)N1CCC(C(=O)OCC)CC1.I. The molecule has 2 aliphatic rings. The van der Waals surface area contributed by atoms with Crippen molar-refractivity contribution in [1.82, 2.24) is 10.2 Å². The number of esters is 1. The summed E-state index contributed by atoms with van der Waals surface area (Å²) in [6.45, 7) is 7.65. The lowest BCUT2D eigenvalue weighted by molar-refractivity contribution is -0.149. The number of ether oxygens (including phenoxy) is 2. The van der Waals surface area contributed by atoms with Gasteiger partial charge in [-0.05, 0) is 45.6 Å². The molecule has 1 saturated carbocycles. The average molecular weight is 515 g/mol. The van der Waals surface area contributed by atoms with Gasteiger partial charge >= 0.3 is 5.97 Å². The number of methoxy groups -OCH3 is 1. The summed E-state index contributed by atoms with van der Waals surface area (Å²) in [4.78, 5) is 19.2. The first kappa shape index (κ1) is 23.8. The van der Waals surface area contributed by atoms with Crippen molar-refractivity contribution in [3.05, 3.63) is 29.8 Å². The van der Waals surface area contributed by atoms with Gasteiger partial charge in [-0.25, -0.2) is 0 Å². The first-order valence-corrected chi connectivity index (χ1v) is 10.5. The van der Waals surface area contributed by atoms with Crippen molar-refractivity contribution in [2.24, 2.45) is 10.9 Å². The number of nitrogens with one attached hydrogen (secondary N) is 1. The summed E-state index contributed by atoms with van der Waals surface area (Å²) in [5.74, 6) is 1.86.